The van der Waals surface area contributed by atoms with Crippen LogP contribution in [0.15, 0.2) is 42.5 Å². The Kier molecular flexibility index (Phi) is 7.80. The summed E-state index contributed by atoms with van der Waals surface area (Å²) in [5.41, 5.74) is 0.949. The Labute approximate surface area is 165 Å². The number of benzene rings is 2. The van der Waals surface area contributed by atoms with Crippen LogP contribution in [0.4, 0.5) is 0 Å². The van der Waals surface area contributed by atoms with Crippen LogP contribution in [-0.4, -0.2) is 26.2 Å². The van der Waals surface area contributed by atoms with E-state index in [9.17, 15) is 4.79 Å². The Morgan fingerprint density at radius 3 is 2.22 bits per heavy atom. The topological polar surface area (TPSA) is 56.8 Å². The van der Waals surface area contributed by atoms with Crippen LogP contribution in [0.3, 0.4) is 0 Å². The molecule has 0 saturated carbocycles. The number of halogens is 1. The third-order valence-electron chi connectivity index (χ3n) is 4.29. The van der Waals surface area contributed by atoms with Crippen LogP contribution in [0.2, 0.25) is 5.02 Å². The van der Waals surface area contributed by atoms with Crippen LogP contribution in [0.1, 0.15) is 38.3 Å². The van der Waals surface area contributed by atoms with E-state index in [-0.39, 0.29) is 11.9 Å². The highest BCUT2D eigenvalue weighted by molar-refractivity contribution is 6.30. The van der Waals surface area contributed by atoms with Crippen LogP contribution >= 0.6 is 11.6 Å². The van der Waals surface area contributed by atoms with Crippen LogP contribution in [0.5, 0.6) is 17.2 Å². The molecule has 0 heterocycles. The van der Waals surface area contributed by atoms with Gasteiger partial charge in [-0.05, 0) is 54.8 Å². The Morgan fingerprint density at radius 1 is 1.00 bits per heavy atom. The average Bonchev–Trinajstić information content (AvgIpc) is 2.70. The molecule has 5 nitrogen and oxygen atoms in total. The van der Waals surface area contributed by atoms with Crippen molar-refractivity contribution < 1.29 is 19.0 Å². The number of methoxy groups -OCH3 is 2. The predicted molar refractivity (Wildman–Crippen MR) is 107 cm³/mol. The van der Waals surface area contributed by atoms with Gasteiger partial charge in [0, 0.05) is 5.02 Å². The van der Waals surface area contributed by atoms with Gasteiger partial charge in [0.2, 0.25) is 0 Å². The Morgan fingerprint density at radius 2 is 1.67 bits per heavy atom. The van der Waals surface area contributed by atoms with Gasteiger partial charge in [-0.25, -0.2) is 0 Å². The van der Waals surface area contributed by atoms with E-state index in [2.05, 4.69) is 5.32 Å². The molecular weight excluding hydrogens is 366 g/mol. The monoisotopic (exact) mass is 391 g/mol. The Balaban J connectivity index is 2.11. The maximum atomic E-state index is 12.7. The molecule has 2 atom stereocenters. The summed E-state index contributed by atoms with van der Waals surface area (Å²) in [6.07, 6.45) is 0.704. The first-order chi connectivity index (χ1) is 13.0. The molecule has 0 radical (unpaired) electrons. The molecule has 146 valence electrons. The summed E-state index contributed by atoms with van der Waals surface area (Å²) in [4.78, 5) is 12.7. The van der Waals surface area contributed by atoms with Crippen molar-refractivity contribution >= 4 is 17.5 Å². The molecule has 1 N–H and O–H groups in total. The van der Waals surface area contributed by atoms with E-state index in [0.717, 1.165) is 12.0 Å². The summed E-state index contributed by atoms with van der Waals surface area (Å²) in [6, 6.07) is 12.5. The zero-order chi connectivity index (χ0) is 19.8. The average molecular weight is 392 g/mol. The second kappa shape index (κ2) is 10.1. The molecule has 0 aliphatic carbocycles. The number of carbonyl (C=O) groups excluding carboxylic acids is 1. The lowest BCUT2D eigenvalue weighted by Gasteiger charge is -2.23. The van der Waals surface area contributed by atoms with Crippen molar-refractivity contribution in [2.75, 3.05) is 14.2 Å². The molecule has 0 fully saturated rings. The van der Waals surface area contributed by atoms with Gasteiger partial charge >= 0.3 is 0 Å². The first kappa shape index (κ1) is 20.9. The molecule has 0 bridgehead atoms. The first-order valence-corrected chi connectivity index (χ1v) is 9.34. The van der Waals surface area contributed by atoms with Gasteiger partial charge < -0.3 is 19.5 Å². The summed E-state index contributed by atoms with van der Waals surface area (Å²) >= 11 is 5.89. The van der Waals surface area contributed by atoms with E-state index in [1.54, 1.807) is 38.5 Å². The summed E-state index contributed by atoms with van der Waals surface area (Å²) < 4.78 is 16.5. The highest BCUT2D eigenvalue weighted by Gasteiger charge is 2.22. The Hall–Kier alpha value is -2.40. The molecule has 0 aliphatic rings. The number of hydrogen-bond acceptors (Lipinski definition) is 4. The molecule has 0 spiro atoms. The maximum absolute atomic E-state index is 12.7. The molecule has 0 aliphatic heterocycles. The van der Waals surface area contributed by atoms with Crippen molar-refractivity contribution in [3.63, 3.8) is 0 Å². The zero-order valence-electron chi connectivity index (χ0n) is 16.1. The maximum Gasteiger partial charge on any atom is 0.261 e. The molecule has 2 rings (SSSR count). The van der Waals surface area contributed by atoms with Crippen molar-refractivity contribution in [1.29, 1.82) is 0 Å². The number of amides is 1. The summed E-state index contributed by atoms with van der Waals surface area (Å²) in [7, 11) is 3.19. The fourth-order valence-corrected chi connectivity index (χ4v) is 2.88. The van der Waals surface area contributed by atoms with Crippen LogP contribution in [-0.2, 0) is 4.79 Å². The molecule has 0 unspecified atom stereocenters. The van der Waals surface area contributed by atoms with Gasteiger partial charge in [-0.3, -0.25) is 4.79 Å². The highest BCUT2D eigenvalue weighted by Crippen LogP contribution is 2.31. The largest absolute Gasteiger partial charge is 0.493 e. The fraction of sp³-hybridized carbons (Fsp3) is 0.381. The van der Waals surface area contributed by atoms with Gasteiger partial charge in [0.15, 0.2) is 17.6 Å². The van der Waals surface area contributed by atoms with Gasteiger partial charge in [0.25, 0.3) is 5.91 Å². The highest BCUT2D eigenvalue weighted by atomic mass is 35.5. The van der Waals surface area contributed by atoms with E-state index in [4.69, 9.17) is 25.8 Å². The summed E-state index contributed by atoms with van der Waals surface area (Å²) in [6.45, 7) is 3.93. The van der Waals surface area contributed by atoms with Crippen molar-refractivity contribution in [3.8, 4) is 17.2 Å². The second-order valence-corrected chi connectivity index (χ2v) is 6.49. The predicted octanol–water partition coefficient (Wildman–Crippen LogP) is 4.78. The minimum Gasteiger partial charge on any atom is -0.493 e. The molecule has 27 heavy (non-hydrogen) atoms. The van der Waals surface area contributed by atoms with Gasteiger partial charge in [0.05, 0.1) is 20.3 Å². The quantitative estimate of drug-likeness (QED) is 0.668. The third kappa shape index (κ3) is 5.54. The summed E-state index contributed by atoms with van der Waals surface area (Å²) in [5, 5.41) is 3.69. The van der Waals surface area contributed by atoms with E-state index >= 15 is 0 Å². The molecule has 1 amide bonds. The minimum absolute atomic E-state index is 0.153. The lowest BCUT2D eigenvalue weighted by molar-refractivity contribution is -0.128. The number of rotatable bonds is 9. The van der Waals surface area contributed by atoms with Crippen molar-refractivity contribution in [3.05, 3.63) is 53.1 Å². The van der Waals surface area contributed by atoms with E-state index in [1.165, 1.54) is 0 Å². The van der Waals surface area contributed by atoms with Crippen molar-refractivity contribution in [2.24, 2.45) is 0 Å². The van der Waals surface area contributed by atoms with Crippen LogP contribution in [0.25, 0.3) is 0 Å². The van der Waals surface area contributed by atoms with Crippen molar-refractivity contribution in [1.82, 2.24) is 5.32 Å². The second-order valence-electron chi connectivity index (χ2n) is 6.05. The molecular formula is C21H26ClNO4. The van der Waals surface area contributed by atoms with Gasteiger partial charge in [-0.1, -0.05) is 31.5 Å². The molecule has 6 heteroatoms. The van der Waals surface area contributed by atoms with Gasteiger partial charge in [0.1, 0.15) is 5.75 Å². The molecule has 0 saturated heterocycles. The van der Waals surface area contributed by atoms with E-state index < -0.39 is 6.10 Å². The third-order valence-corrected chi connectivity index (χ3v) is 4.54. The first-order valence-electron chi connectivity index (χ1n) is 8.96. The minimum atomic E-state index is -0.583. The number of carbonyl (C=O) groups is 1. The number of hydrogen-bond donors (Lipinski definition) is 1. The fourth-order valence-electron chi connectivity index (χ4n) is 2.76. The SMILES string of the molecule is CC[C@@H](Oc1ccc(Cl)cc1)C(=O)N[C@H](CC)c1ccc(OC)c(OC)c1. The van der Waals surface area contributed by atoms with Crippen LogP contribution < -0.4 is 19.5 Å². The number of nitrogens with one attached hydrogen (secondary N) is 1. The van der Waals surface area contributed by atoms with Gasteiger partial charge in [-0.2, -0.15) is 0 Å². The number of ether oxygens (including phenoxy) is 3. The molecule has 2 aromatic rings. The normalized spacial score (nSPS) is 12.8. The summed E-state index contributed by atoms with van der Waals surface area (Å²) in [5.74, 6) is 1.74. The lowest BCUT2D eigenvalue weighted by Crippen LogP contribution is -2.39. The standard InChI is InChI=1S/C21H26ClNO4/c1-5-17(14-7-12-19(25-3)20(13-14)26-4)23-21(24)18(6-2)27-16-10-8-15(22)9-11-16/h7-13,17-18H,5-6H2,1-4H3,(H,23,24)/t17-,18-/m1/s1. The zero-order valence-corrected chi connectivity index (χ0v) is 16.9. The molecule has 2 aromatic carbocycles. The van der Waals surface area contributed by atoms with Crippen molar-refractivity contribution in [2.45, 2.75) is 38.8 Å². The van der Waals surface area contributed by atoms with E-state index in [0.29, 0.717) is 28.7 Å². The van der Waals surface area contributed by atoms with Crippen LogP contribution in [0, 0.1) is 0 Å². The lowest BCUT2D eigenvalue weighted by atomic mass is 10.0. The molecule has 0 aromatic heterocycles. The Bertz CT molecular complexity index is 748. The van der Waals surface area contributed by atoms with E-state index in [1.807, 2.05) is 32.0 Å². The van der Waals surface area contributed by atoms with Gasteiger partial charge in [-0.15, -0.1) is 0 Å². The smallest absolute Gasteiger partial charge is 0.261 e.